The van der Waals surface area contributed by atoms with Gasteiger partial charge in [0.25, 0.3) is 0 Å². The smallest absolute Gasteiger partial charge is 0.237 e. The molecule has 6 nitrogen and oxygen atoms in total. The molecule has 23 heavy (non-hydrogen) atoms. The summed E-state index contributed by atoms with van der Waals surface area (Å²) in [5.74, 6) is 0.0105. The second kappa shape index (κ2) is 6.80. The maximum Gasteiger partial charge on any atom is 0.237 e. The van der Waals surface area contributed by atoms with Gasteiger partial charge in [-0.05, 0) is 38.0 Å². The standard InChI is InChI=1S/C17H21N5O/c1-13(12-21-9-6-14-4-2-7-19-17(14)21)20-11-16(23)22-8-3-5-15(22)10-18/h2,4,6-7,9,13,15,20H,3,5,8,11-12H2,1H3/t13?,15-/m0/s1. The van der Waals surface area contributed by atoms with E-state index in [4.69, 9.17) is 5.26 Å². The molecular formula is C17H21N5O. The Morgan fingerprint density at radius 2 is 2.43 bits per heavy atom. The lowest BCUT2D eigenvalue weighted by Crippen LogP contribution is -2.43. The third kappa shape index (κ3) is 3.35. The van der Waals surface area contributed by atoms with Crippen LogP contribution in [0.4, 0.5) is 0 Å². The van der Waals surface area contributed by atoms with Crippen LogP contribution in [0.25, 0.3) is 11.0 Å². The highest BCUT2D eigenvalue weighted by Gasteiger charge is 2.28. The first-order chi connectivity index (χ1) is 11.2. The van der Waals surface area contributed by atoms with E-state index in [2.05, 4.69) is 20.9 Å². The van der Waals surface area contributed by atoms with E-state index in [1.165, 1.54) is 0 Å². The Labute approximate surface area is 135 Å². The van der Waals surface area contributed by atoms with Gasteiger partial charge in [-0.3, -0.25) is 4.79 Å². The number of rotatable bonds is 5. The number of pyridine rings is 1. The summed E-state index contributed by atoms with van der Waals surface area (Å²) >= 11 is 0. The van der Waals surface area contributed by atoms with Crippen molar-refractivity contribution in [1.29, 1.82) is 5.26 Å². The van der Waals surface area contributed by atoms with Crippen LogP contribution in [0, 0.1) is 11.3 Å². The Morgan fingerprint density at radius 3 is 3.26 bits per heavy atom. The van der Waals surface area contributed by atoms with Crippen LogP contribution in [0.1, 0.15) is 19.8 Å². The predicted molar refractivity (Wildman–Crippen MR) is 87.5 cm³/mol. The predicted octanol–water partition coefficient (Wildman–Crippen LogP) is 1.53. The fourth-order valence-electron chi connectivity index (χ4n) is 3.09. The molecule has 1 fully saturated rings. The van der Waals surface area contributed by atoms with Crippen LogP contribution in [-0.2, 0) is 11.3 Å². The Morgan fingerprint density at radius 1 is 1.57 bits per heavy atom. The van der Waals surface area contributed by atoms with Gasteiger partial charge in [0.05, 0.1) is 12.6 Å². The zero-order valence-electron chi connectivity index (χ0n) is 13.3. The number of amides is 1. The van der Waals surface area contributed by atoms with Gasteiger partial charge >= 0.3 is 0 Å². The lowest BCUT2D eigenvalue weighted by Gasteiger charge is -2.21. The van der Waals surface area contributed by atoms with Crippen LogP contribution in [0.2, 0.25) is 0 Å². The highest BCUT2D eigenvalue weighted by atomic mass is 16.2. The van der Waals surface area contributed by atoms with Gasteiger partial charge in [-0.25, -0.2) is 4.98 Å². The fraction of sp³-hybridized carbons (Fsp3) is 0.471. The largest absolute Gasteiger partial charge is 0.331 e. The minimum atomic E-state index is -0.253. The van der Waals surface area contributed by atoms with Gasteiger partial charge in [0.1, 0.15) is 11.7 Å². The minimum Gasteiger partial charge on any atom is -0.331 e. The lowest BCUT2D eigenvalue weighted by molar-refractivity contribution is -0.130. The van der Waals surface area contributed by atoms with E-state index in [9.17, 15) is 4.79 Å². The highest BCUT2D eigenvalue weighted by molar-refractivity contribution is 5.79. The SMILES string of the molecule is CC(Cn1ccc2cccnc21)NCC(=O)N1CCC[C@H]1C#N. The van der Waals surface area contributed by atoms with Crippen molar-refractivity contribution >= 4 is 16.9 Å². The normalized spacial score (nSPS) is 19.0. The number of nitriles is 1. The molecule has 2 aromatic rings. The van der Waals surface area contributed by atoms with E-state index in [0.29, 0.717) is 6.54 Å². The van der Waals surface area contributed by atoms with Gasteiger partial charge in [0.15, 0.2) is 0 Å². The summed E-state index contributed by atoms with van der Waals surface area (Å²) < 4.78 is 2.09. The van der Waals surface area contributed by atoms with Gasteiger partial charge < -0.3 is 14.8 Å². The number of carbonyl (C=O) groups excluding carboxylic acids is 1. The number of aromatic nitrogens is 2. The van der Waals surface area contributed by atoms with Crippen molar-refractivity contribution in [2.45, 2.75) is 38.4 Å². The fourth-order valence-corrected chi connectivity index (χ4v) is 3.09. The number of nitrogens with one attached hydrogen (secondary N) is 1. The van der Waals surface area contributed by atoms with Crippen molar-refractivity contribution in [1.82, 2.24) is 19.8 Å². The Bertz CT molecular complexity index is 732. The average molecular weight is 311 g/mol. The van der Waals surface area contributed by atoms with Crippen LogP contribution in [0.3, 0.4) is 0 Å². The van der Waals surface area contributed by atoms with Crippen molar-refractivity contribution in [2.24, 2.45) is 0 Å². The van der Waals surface area contributed by atoms with Crippen molar-refractivity contribution in [3.63, 3.8) is 0 Å². The van der Waals surface area contributed by atoms with Gasteiger partial charge in [-0.15, -0.1) is 0 Å². The molecule has 3 heterocycles. The number of nitrogens with zero attached hydrogens (tertiary/aromatic N) is 4. The second-order valence-electron chi connectivity index (χ2n) is 6.04. The second-order valence-corrected chi connectivity index (χ2v) is 6.04. The molecule has 3 rings (SSSR count). The summed E-state index contributed by atoms with van der Waals surface area (Å²) in [6.45, 7) is 3.76. The first kappa shape index (κ1) is 15.5. The van der Waals surface area contributed by atoms with Crippen LogP contribution in [0.15, 0.2) is 30.6 Å². The summed E-state index contributed by atoms with van der Waals surface area (Å²) in [5.41, 5.74) is 0.955. The van der Waals surface area contributed by atoms with Crippen LogP contribution in [0.5, 0.6) is 0 Å². The number of likely N-dealkylation sites (tertiary alicyclic amines) is 1. The topological polar surface area (TPSA) is 74.0 Å². The van der Waals surface area contributed by atoms with E-state index in [-0.39, 0.29) is 24.5 Å². The van der Waals surface area contributed by atoms with Gasteiger partial charge in [0, 0.05) is 36.9 Å². The van der Waals surface area contributed by atoms with E-state index in [1.54, 1.807) is 11.1 Å². The molecule has 1 aliphatic heterocycles. The van der Waals surface area contributed by atoms with E-state index >= 15 is 0 Å². The first-order valence-corrected chi connectivity index (χ1v) is 8.01. The van der Waals surface area contributed by atoms with Crippen LogP contribution >= 0.6 is 0 Å². The Balaban J connectivity index is 1.54. The maximum absolute atomic E-state index is 12.2. The molecule has 0 saturated carbocycles. The number of fused-ring (bicyclic) bond motifs is 1. The maximum atomic E-state index is 12.2. The van der Waals surface area contributed by atoms with Crippen molar-refractivity contribution in [3.8, 4) is 6.07 Å². The van der Waals surface area contributed by atoms with Crippen LogP contribution < -0.4 is 5.32 Å². The van der Waals surface area contributed by atoms with Crippen molar-refractivity contribution in [3.05, 3.63) is 30.6 Å². The van der Waals surface area contributed by atoms with E-state index in [1.807, 2.05) is 31.3 Å². The molecule has 6 heteroatoms. The Hall–Kier alpha value is -2.39. The Kier molecular flexibility index (Phi) is 4.58. The third-order valence-corrected chi connectivity index (χ3v) is 4.32. The zero-order valence-corrected chi connectivity index (χ0v) is 13.3. The number of hydrogen-bond donors (Lipinski definition) is 1. The molecule has 1 saturated heterocycles. The molecule has 0 bridgehead atoms. The monoisotopic (exact) mass is 311 g/mol. The van der Waals surface area contributed by atoms with Crippen LogP contribution in [-0.4, -0.2) is 45.5 Å². The van der Waals surface area contributed by atoms with E-state index in [0.717, 1.165) is 30.4 Å². The molecule has 1 aliphatic rings. The molecule has 0 spiro atoms. The summed E-state index contributed by atoms with van der Waals surface area (Å²) in [6.07, 6.45) is 5.51. The summed E-state index contributed by atoms with van der Waals surface area (Å²) in [5, 5.41) is 13.4. The van der Waals surface area contributed by atoms with Crippen molar-refractivity contribution in [2.75, 3.05) is 13.1 Å². The summed E-state index contributed by atoms with van der Waals surface area (Å²) in [7, 11) is 0. The third-order valence-electron chi connectivity index (χ3n) is 4.32. The van der Waals surface area contributed by atoms with Gasteiger partial charge in [0.2, 0.25) is 5.91 Å². The molecule has 0 aromatic carbocycles. The molecule has 1 N–H and O–H groups in total. The van der Waals surface area contributed by atoms with Crippen molar-refractivity contribution < 1.29 is 4.79 Å². The highest BCUT2D eigenvalue weighted by Crippen LogP contribution is 2.16. The molecule has 0 radical (unpaired) electrons. The molecule has 2 aromatic heterocycles. The molecule has 0 aliphatic carbocycles. The van der Waals surface area contributed by atoms with E-state index < -0.39 is 0 Å². The minimum absolute atomic E-state index is 0.0105. The molecule has 1 amide bonds. The first-order valence-electron chi connectivity index (χ1n) is 8.01. The molecule has 120 valence electrons. The summed E-state index contributed by atoms with van der Waals surface area (Å²) in [6, 6.07) is 8.10. The lowest BCUT2D eigenvalue weighted by atomic mass is 10.2. The zero-order chi connectivity index (χ0) is 16.2. The quantitative estimate of drug-likeness (QED) is 0.909. The number of hydrogen-bond acceptors (Lipinski definition) is 4. The number of carbonyl (C=O) groups is 1. The molecule has 2 atom stereocenters. The van der Waals surface area contributed by atoms with Gasteiger partial charge in [-0.2, -0.15) is 5.26 Å². The summed E-state index contributed by atoms with van der Waals surface area (Å²) in [4.78, 5) is 18.3. The average Bonchev–Trinajstić information content (AvgIpc) is 3.20. The molecule has 1 unspecified atom stereocenters. The van der Waals surface area contributed by atoms with Gasteiger partial charge in [-0.1, -0.05) is 0 Å². The molecular weight excluding hydrogens is 290 g/mol.